The highest BCUT2D eigenvalue weighted by Crippen LogP contribution is 2.18. The highest BCUT2D eigenvalue weighted by molar-refractivity contribution is 5.97. The summed E-state index contributed by atoms with van der Waals surface area (Å²) in [5.74, 6) is -0.410. The number of methoxy groups -OCH3 is 1. The van der Waals surface area contributed by atoms with E-state index in [9.17, 15) is 9.59 Å². The average molecular weight is 266 g/mol. The number of amides is 1. The van der Waals surface area contributed by atoms with E-state index < -0.39 is 17.9 Å². The van der Waals surface area contributed by atoms with Gasteiger partial charge >= 0.3 is 5.97 Å². The lowest BCUT2D eigenvalue weighted by molar-refractivity contribution is -0.144. The van der Waals surface area contributed by atoms with Crippen molar-refractivity contribution in [2.45, 2.75) is 19.9 Å². The molecule has 0 aliphatic rings. The van der Waals surface area contributed by atoms with Crippen LogP contribution >= 0.6 is 0 Å². The van der Waals surface area contributed by atoms with Gasteiger partial charge < -0.3 is 20.5 Å². The third kappa shape index (κ3) is 4.17. The van der Waals surface area contributed by atoms with Crippen molar-refractivity contribution >= 4 is 17.6 Å². The molecule has 19 heavy (non-hydrogen) atoms. The number of carbonyl (C=O) groups excluding carboxylic acids is 2. The number of rotatable bonds is 5. The van der Waals surface area contributed by atoms with Crippen molar-refractivity contribution in [1.29, 1.82) is 0 Å². The lowest BCUT2D eigenvalue weighted by Crippen LogP contribution is -2.39. The predicted octanol–water partition coefficient (Wildman–Crippen LogP) is 0.959. The molecule has 1 aromatic rings. The summed E-state index contributed by atoms with van der Waals surface area (Å²) in [6.45, 7) is 3.53. The number of benzene rings is 1. The maximum Gasteiger partial charge on any atom is 0.328 e. The van der Waals surface area contributed by atoms with Crippen LogP contribution in [0.3, 0.4) is 0 Å². The molecule has 104 valence electrons. The van der Waals surface area contributed by atoms with Crippen molar-refractivity contribution in [2.24, 2.45) is 0 Å². The lowest BCUT2D eigenvalue weighted by Gasteiger charge is -2.13. The van der Waals surface area contributed by atoms with Crippen molar-refractivity contribution in [1.82, 2.24) is 5.32 Å². The van der Waals surface area contributed by atoms with Crippen LogP contribution in [0.1, 0.15) is 24.2 Å². The van der Waals surface area contributed by atoms with Gasteiger partial charge in [-0.25, -0.2) is 4.79 Å². The molecule has 0 fully saturated rings. The minimum absolute atomic E-state index is 0.269. The maximum atomic E-state index is 12.0. The van der Waals surface area contributed by atoms with Crippen molar-refractivity contribution in [3.63, 3.8) is 0 Å². The normalized spacial score (nSPS) is 11.5. The van der Waals surface area contributed by atoms with Gasteiger partial charge in [0, 0.05) is 17.3 Å². The van der Waals surface area contributed by atoms with E-state index in [4.69, 9.17) is 15.2 Å². The fourth-order valence-electron chi connectivity index (χ4n) is 1.48. The molecule has 1 rings (SSSR count). The Morgan fingerprint density at radius 1 is 1.37 bits per heavy atom. The second-order valence-corrected chi connectivity index (χ2v) is 3.94. The minimum Gasteiger partial charge on any atom is -0.497 e. The Balaban J connectivity index is 2.78. The van der Waals surface area contributed by atoms with Gasteiger partial charge in [0.25, 0.3) is 5.91 Å². The Labute approximate surface area is 111 Å². The number of ether oxygens (including phenoxy) is 2. The third-order valence-electron chi connectivity index (χ3n) is 2.41. The standard InChI is InChI=1S/C13H18N2O4/c1-4-19-13(17)8(2)15-12(16)9-5-10(14)7-11(6-9)18-3/h5-8H,4,14H2,1-3H3,(H,15,16). The lowest BCUT2D eigenvalue weighted by atomic mass is 10.1. The molecule has 0 aliphatic heterocycles. The Morgan fingerprint density at radius 3 is 2.63 bits per heavy atom. The zero-order valence-corrected chi connectivity index (χ0v) is 11.2. The van der Waals surface area contributed by atoms with Crippen LogP contribution in [0.2, 0.25) is 0 Å². The summed E-state index contributed by atoms with van der Waals surface area (Å²) in [6.07, 6.45) is 0. The molecule has 0 bridgehead atoms. The average Bonchev–Trinajstić information content (AvgIpc) is 2.38. The quantitative estimate of drug-likeness (QED) is 0.612. The summed E-state index contributed by atoms with van der Waals surface area (Å²) in [5.41, 5.74) is 6.40. The number of hydrogen-bond donors (Lipinski definition) is 2. The molecule has 6 heteroatoms. The molecule has 1 unspecified atom stereocenters. The molecule has 0 aromatic heterocycles. The highest BCUT2D eigenvalue weighted by atomic mass is 16.5. The number of esters is 1. The summed E-state index contributed by atoms with van der Waals surface area (Å²) in [4.78, 5) is 23.4. The van der Waals surface area contributed by atoms with E-state index in [2.05, 4.69) is 5.32 Å². The topological polar surface area (TPSA) is 90.7 Å². The molecule has 1 atom stereocenters. The molecule has 1 aromatic carbocycles. The van der Waals surface area contributed by atoms with Crippen LogP contribution < -0.4 is 15.8 Å². The first-order chi connectivity index (χ1) is 8.97. The molecule has 0 aliphatic carbocycles. The number of nitrogens with two attached hydrogens (primary N) is 1. The Hall–Kier alpha value is -2.24. The van der Waals surface area contributed by atoms with Crippen molar-refractivity contribution in [3.05, 3.63) is 23.8 Å². The second-order valence-electron chi connectivity index (χ2n) is 3.94. The summed E-state index contributed by atoms with van der Waals surface area (Å²) < 4.78 is 9.83. The van der Waals surface area contributed by atoms with E-state index in [1.54, 1.807) is 26.0 Å². The molecule has 0 radical (unpaired) electrons. The smallest absolute Gasteiger partial charge is 0.328 e. The molecule has 0 heterocycles. The summed E-state index contributed by atoms with van der Waals surface area (Å²) in [6, 6.07) is 3.94. The van der Waals surface area contributed by atoms with Crippen LogP contribution in [0, 0.1) is 0 Å². The minimum atomic E-state index is -0.722. The van der Waals surface area contributed by atoms with Gasteiger partial charge in [-0.05, 0) is 26.0 Å². The fourth-order valence-corrected chi connectivity index (χ4v) is 1.48. The van der Waals surface area contributed by atoms with Gasteiger partial charge in [0.05, 0.1) is 13.7 Å². The van der Waals surface area contributed by atoms with Crippen LogP contribution in [0.5, 0.6) is 5.75 Å². The van der Waals surface area contributed by atoms with E-state index in [0.717, 1.165) is 0 Å². The monoisotopic (exact) mass is 266 g/mol. The fraction of sp³-hybridized carbons (Fsp3) is 0.385. The van der Waals surface area contributed by atoms with Crippen LogP contribution in [-0.4, -0.2) is 31.6 Å². The van der Waals surface area contributed by atoms with E-state index in [-0.39, 0.29) is 6.61 Å². The first-order valence-electron chi connectivity index (χ1n) is 5.90. The van der Waals surface area contributed by atoms with E-state index in [0.29, 0.717) is 17.0 Å². The number of nitrogen functional groups attached to an aromatic ring is 1. The van der Waals surface area contributed by atoms with Crippen LogP contribution in [-0.2, 0) is 9.53 Å². The number of hydrogen-bond acceptors (Lipinski definition) is 5. The predicted molar refractivity (Wildman–Crippen MR) is 71.0 cm³/mol. The van der Waals surface area contributed by atoms with Crippen LogP contribution in [0.4, 0.5) is 5.69 Å². The molecular weight excluding hydrogens is 248 g/mol. The van der Waals surface area contributed by atoms with E-state index in [1.165, 1.54) is 13.2 Å². The molecule has 0 spiro atoms. The second kappa shape index (κ2) is 6.63. The van der Waals surface area contributed by atoms with Gasteiger partial charge in [-0.15, -0.1) is 0 Å². The van der Waals surface area contributed by atoms with Crippen molar-refractivity contribution in [2.75, 3.05) is 19.5 Å². The summed E-state index contributed by atoms with van der Waals surface area (Å²) in [7, 11) is 1.48. The van der Waals surface area contributed by atoms with Gasteiger partial charge in [0.1, 0.15) is 11.8 Å². The van der Waals surface area contributed by atoms with Crippen molar-refractivity contribution < 1.29 is 19.1 Å². The maximum absolute atomic E-state index is 12.0. The van der Waals surface area contributed by atoms with Gasteiger partial charge in [0.2, 0.25) is 0 Å². The highest BCUT2D eigenvalue weighted by Gasteiger charge is 2.18. The number of anilines is 1. The molecule has 6 nitrogen and oxygen atoms in total. The van der Waals surface area contributed by atoms with Crippen LogP contribution in [0.25, 0.3) is 0 Å². The molecule has 3 N–H and O–H groups in total. The van der Waals surface area contributed by atoms with E-state index >= 15 is 0 Å². The largest absolute Gasteiger partial charge is 0.497 e. The summed E-state index contributed by atoms with van der Waals surface area (Å²) in [5, 5.41) is 2.53. The summed E-state index contributed by atoms with van der Waals surface area (Å²) >= 11 is 0. The number of nitrogens with one attached hydrogen (secondary N) is 1. The van der Waals surface area contributed by atoms with E-state index in [1.807, 2.05) is 0 Å². The zero-order chi connectivity index (χ0) is 14.4. The first-order valence-corrected chi connectivity index (χ1v) is 5.90. The van der Waals surface area contributed by atoms with Gasteiger partial charge in [-0.1, -0.05) is 0 Å². The van der Waals surface area contributed by atoms with Gasteiger partial charge in [-0.3, -0.25) is 4.79 Å². The van der Waals surface area contributed by atoms with Gasteiger partial charge in [-0.2, -0.15) is 0 Å². The Morgan fingerprint density at radius 2 is 2.05 bits per heavy atom. The Bertz CT molecular complexity index is 474. The molecule has 0 saturated carbocycles. The molecular formula is C13H18N2O4. The van der Waals surface area contributed by atoms with Gasteiger partial charge in [0.15, 0.2) is 0 Å². The first kappa shape index (κ1) is 14.8. The van der Waals surface area contributed by atoms with Crippen LogP contribution in [0.15, 0.2) is 18.2 Å². The molecule has 1 amide bonds. The Kier molecular flexibility index (Phi) is 5.17. The third-order valence-corrected chi connectivity index (χ3v) is 2.41. The zero-order valence-electron chi connectivity index (χ0n) is 11.2. The SMILES string of the molecule is CCOC(=O)C(C)NC(=O)c1cc(N)cc(OC)c1. The number of carbonyl (C=O) groups is 2. The molecule has 0 saturated heterocycles. The van der Waals surface area contributed by atoms with Crippen molar-refractivity contribution in [3.8, 4) is 5.75 Å².